The van der Waals surface area contributed by atoms with Crippen molar-refractivity contribution in [3.8, 4) is 11.1 Å². The van der Waals surface area contributed by atoms with E-state index in [1.807, 2.05) is 24.3 Å². The number of carbonyl (C=O) groups excluding carboxylic acids is 2. The highest BCUT2D eigenvalue weighted by atomic mass is 16.5. The van der Waals surface area contributed by atoms with Crippen LogP contribution in [0.2, 0.25) is 0 Å². The summed E-state index contributed by atoms with van der Waals surface area (Å²) in [6, 6.07) is 21.1. The fraction of sp³-hybridized carbons (Fsp3) is 0.250. The second kappa shape index (κ2) is 9.25. The Hall–Kier alpha value is -4.13. The van der Waals surface area contributed by atoms with Crippen molar-refractivity contribution >= 4 is 23.7 Å². The summed E-state index contributed by atoms with van der Waals surface area (Å²) in [5.74, 6) is -1.41. The first-order valence-corrected chi connectivity index (χ1v) is 11.7. The first-order valence-electron chi connectivity index (χ1n) is 11.7. The smallest absolute Gasteiger partial charge is 0.407 e. The summed E-state index contributed by atoms with van der Waals surface area (Å²) in [6.45, 7) is 2.30. The zero-order valence-electron chi connectivity index (χ0n) is 19.3. The molecule has 2 aliphatic rings. The number of hydrogen-bond acceptors (Lipinski definition) is 4. The molecule has 3 aromatic rings. The predicted molar refractivity (Wildman–Crippen MR) is 131 cm³/mol. The van der Waals surface area contributed by atoms with E-state index >= 15 is 0 Å². The number of amides is 2. The monoisotopic (exact) mass is 470 g/mol. The SMILES string of the molecule is Cc1ccc(NC(=O)C2CC2CNC(=O)OCC2c3ccccc3-c3ccccc32)cc1C(=O)O. The van der Waals surface area contributed by atoms with E-state index in [2.05, 4.69) is 34.9 Å². The molecule has 2 amide bonds. The van der Waals surface area contributed by atoms with Gasteiger partial charge in [-0.1, -0.05) is 54.6 Å². The van der Waals surface area contributed by atoms with Crippen molar-refractivity contribution in [3.05, 3.63) is 89.0 Å². The largest absolute Gasteiger partial charge is 0.478 e. The van der Waals surface area contributed by atoms with Crippen LogP contribution in [-0.4, -0.2) is 36.2 Å². The zero-order valence-corrected chi connectivity index (χ0v) is 19.3. The van der Waals surface area contributed by atoms with E-state index in [1.54, 1.807) is 19.1 Å². The van der Waals surface area contributed by atoms with Crippen molar-refractivity contribution in [2.75, 3.05) is 18.5 Å². The summed E-state index contributed by atoms with van der Waals surface area (Å²) in [4.78, 5) is 36.2. The molecule has 35 heavy (non-hydrogen) atoms. The van der Waals surface area contributed by atoms with Crippen LogP contribution < -0.4 is 10.6 Å². The van der Waals surface area contributed by atoms with E-state index in [1.165, 1.54) is 17.2 Å². The molecule has 3 N–H and O–H groups in total. The van der Waals surface area contributed by atoms with Gasteiger partial charge in [-0.2, -0.15) is 0 Å². The molecule has 0 aliphatic heterocycles. The Morgan fingerprint density at radius 1 is 0.971 bits per heavy atom. The van der Waals surface area contributed by atoms with E-state index in [-0.39, 0.29) is 35.8 Å². The van der Waals surface area contributed by atoms with Gasteiger partial charge in [-0.3, -0.25) is 4.79 Å². The third-order valence-electron chi connectivity index (χ3n) is 6.85. The zero-order chi connectivity index (χ0) is 24.5. The van der Waals surface area contributed by atoms with Crippen LogP contribution in [0.1, 0.15) is 39.4 Å². The lowest BCUT2D eigenvalue weighted by atomic mass is 9.98. The number of anilines is 1. The number of carbonyl (C=O) groups is 3. The molecule has 5 rings (SSSR count). The Labute approximate surface area is 203 Å². The highest BCUT2D eigenvalue weighted by Crippen LogP contribution is 2.44. The number of aryl methyl sites for hydroxylation is 1. The Bertz CT molecular complexity index is 1270. The molecule has 0 bridgehead atoms. The maximum atomic E-state index is 12.5. The van der Waals surface area contributed by atoms with Crippen LogP contribution in [0.15, 0.2) is 66.7 Å². The highest BCUT2D eigenvalue weighted by Gasteiger charge is 2.43. The van der Waals surface area contributed by atoms with Crippen molar-refractivity contribution in [2.24, 2.45) is 11.8 Å². The minimum atomic E-state index is -1.03. The van der Waals surface area contributed by atoms with Crippen LogP contribution in [-0.2, 0) is 9.53 Å². The van der Waals surface area contributed by atoms with Crippen LogP contribution in [0.3, 0.4) is 0 Å². The molecule has 0 heterocycles. The maximum Gasteiger partial charge on any atom is 0.407 e. The fourth-order valence-corrected chi connectivity index (χ4v) is 4.82. The second-order valence-electron chi connectivity index (χ2n) is 9.13. The molecule has 7 heteroatoms. The number of carboxylic acid groups (broad SMARTS) is 1. The van der Waals surface area contributed by atoms with Crippen molar-refractivity contribution in [1.82, 2.24) is 5.32 Å². The van der Waals surface area contributed by atoms with E-state index < -0.39 is 12.1 Å². The number of carboxylic acids is 1. The lowest BCUT2D eigenvalue weighted by Crippen LogP contribution is -2.29. The van der Waals surface area contributed by atoms with Crippen molar-refractivity contribution < 1.29 is 24.2 Å². The maximum absolute atomic E-state index is 12.5. The van der Waals surface area contributed by atoms with E-state index in [4.69, 9.17) is 4.74 Å². The van der Waals surface area contributed by atoms with Gasteiger partial charge in [0, 0.05) is 24.1 Å². The third-order valence-corrected chi connectivity index (χ3v) is 6.85. The van der Waals surface area contributed by atoms with Crippen LogP contribution in [0.5, 0.6) is 0 Å². The molecular weight excluding hydrogens is 444 g/mol. The molecule has 2 aliphatic carbocycles. The van der Waals surface area contributed by atoms with Crippen LogP contribution >= 0.6 is 0 Å². The van der Waals surface area contributed by atoms with Crippen molar-refractivity contribution in [3.63, 3.8) is 0 Å². The van der Waals surface area contributed by atoms with Gasteiger partial charge >= 0.3 is 12.1 Å². The third kappa shape index (κ3) is 4.62. The number of hydrogen-bond donors (Lipinski definition) is 3. The van der Waals surface area contributed by atoms with Gasteiger partial charge in [-0.15, -0.1) is 0 Å². The fourth-order valence-electron chi connectivity index (χ4n) is 4.82. The van der Waals surface area contributed by atoms with Gasteiger partial charge in [0.25, 0.3) is 0 Å². The van der Waals surface area contributed by atoms with Crippen LogP contribution in [0, 0.1) is 18.8 Å². The molecule has 1 fully saturated rings. The predicted octanol–water partition coefficient (Wildman–Crippen LogP) is 4.81. The molecule has 0 spiro atoms. The molecule has 3 aromatic carbocycles. The van der Waals surface area contributed by atoms with E-state index in [0.29, 0.717) is 24.2 Å². The van der Waals surface area contributed by atoms with Gasteiger partial charge in [0.1, 0.15) is 6.61 Å². The number of ether oxygens (including phenoxy) is 1. The molecule has 0 saturated heterocycles. The number of benzene rings is 3. The van der Waals surface area contributed by atoms with Gasteiger partial charge in [-0.25, -0.2) is 9.59 Å². The van der Waals surface area contributed by atoms with Gasteiger partial charge in [-0.05, 0) is 59.2 Å². The lowest BCUT2D eigenvalue weighted by Gasteiger charge is -2.14. The quantitative estimate of drug-likeness (QED) is 0.460. The van der Waals surface area contributed by atoms with Gasteiger partial charge in [0.2, 0.25) is 5.91 Å². The van der Waals surface area contributed by atoms with Gasteiger partial charge in [0.15, 0.2) is 0 Å². The van der Waals surface area contributed by atoms with Crippen molar-refractivity contribution in [1.29, 1.82) is 0 Å². The summed E-state index contributed by atoms with van der Waals surface area (Å²) < 4.78 is 5.55. The Kier molecular flexibility index (Phi) is 5.99. The lowest BCUT2D eigenvalue weighted by molar-refractivity contribution is -0.117. The minimum absolute atomic E-state index is 0.00203. The molecule has 0 radical (unpaired) electrons. The minimum Gasteiger partial charge on any atom is -0.478 e. The van der Waals surface area contributed by atoms with E-state index in [0.717, 1.165) is 11.1 Å². The molecule has 7 nitrogen and oxygen atoms in total. The van der Waals surface area contributed by atoms with Crippen LogP contribution in [0.4, 0.5) is 10.5 Å². The van der Waals surface area contributed by atoms with Gasteiger partial charge < -0.3 is 20.5 Å². The molecule has 0 aromatic heterocycles. The summed E-state index contributed by atoms with van der Waals surface area (Å²) in [6.07, 6.45) is 0.162. The average molecular weight is 471 g/mol. The molecule has 178 valence electrons. The second-order valence-corrected chi connectivity index (χ2v) is 9.13. The normalized spacial score (nSPS) is 17.7. The molecule has 1 saturated carbocycles. The first-order chi connectivity index (χ1) is 16.9. The number of rotatable bonds is 7. The van der Waals surface area contributed by atoms with Crippen LogP contribution in [0.25, 0.3) is 11.1 Å². The number of alkyl carbamates (subject to hydrolysis) is 1. The van der Waals surface area contributed by atoms with Crippen molar-refractivity contribution in [2.45, 2.75) is 19.3 Å². The Balaban J connectivity index is 1.11. The summed E-state index contributed by atoms with van der Waals surface area (Å²) in [5.41, 5.74) is 5.90. The number of aromatic carboxylic acids is 1. The van der Waals surface area contributed by atoms with Gasteiger partial charge in [0.05, 0.1) is 5.56 Å². The molecular formula is C28H26N2O5. The standard InChI is InChI=1S/C28H26N2O5/c1-16-10-11-18(13-23(16)27(32)33)30-26(31)24-12-17(24)14-29-28(34)35-15-25-21-8-4-2-6-19(21)20-7-3-5-9-22(20)25/h2-11,13,17,24-25H,12,14-15H2,1H3,(H,29,34)(H,30,31)(H,32,33). The summed E-state index contributed by atoms with van der Waals surface area (Å²) in [5, 5.41) is 14.8. The topological polar surface area (TPSA) is 105 Å². The molecule has 2 unspecified atom stereocenters. The number of nitrogens with one attached hydrogen (secondary N) is 2. The summed E-state index contributed by atoms with van der Waals surface area (Å²) in [7, 11) is 0. The summed E-state index contributed by atoms with van der Waals surface area (Å²) >= 11 is 0. The number of fused-ring (bicyclic) bond motifs is 3. The molecule has 2 atom stereocenters. The highest BCUT2D eigenvalue weighted by molar-refractivity contribution is 5.97. The average Bonchev–Trinajstić information content (AvgIpc) is 3.57. The Morgan fingerprint density at radius 3 is 2.29 bits per heavy atom. The Morgan fingerprint density at radius 2 is 1.63 bits per heavy atom. The first kappa shape index (κ1) is 22.7. The van der Waals surface area contributed by atoms with E-state index in [9.17, 15) is 19.5 Å².